The standard InChI is InChI=1S/C16H18N4S/c17-9-14-2-1-3-15(8-14)10-19-4-6-20(7-5-19)11-16-12-21-13-18-16/h1-3,8,12-13H,4-7,10-11H2. The average molecular weight is 298 g/mol. The van der Waals surface area contributed by atoms with Crippen LogP contribution in [-0.4, -0.2) is 41.0 Å². The van der Waals surface area contributed by atoms with Gasteiger partial charge in [0.2, 0.25) is 0 Å². The Labute approximate surface area is 129 Å². The van der Waals surface area contributed by atoms with Crippen molar-refractivity contribution in [1.82, 2.24) is 14.8 Å². The second-order valence-corrected chi connectivity index (χ2v) is 6.06. The van der Waals surface area contributed by atoms with Crippen LogP contribution in [0.4, 0.5) is 0 Å². The molecule has 1 aliphatic rings. The summed E-state index contributed by atoms with van der Waals surface area (Å²) in [4.78, 5) is 9.26. The lowest BCUT2D eigenvalue weighted by Crippen LogP contribution is -2.45. The smallest absolute Gasteiger partial charge is 0.0991 e. The van der Waals surface area contributed by atoms with Crippen LogP contribution in [0.1, 0.15) is 16.8 Å². The van der Waals surface area contributed by atoms with Crippen LogP contribution in [0.2, 0.25) is 0 Å². The van der Waals surface area contributed by atoms with Crippen molar-refractivity contribution >= 4 is 11.3 Å². The summed E-state index contributed by atoms with van der Waals surface area (Å²) in [6.07, 6.45) is 0. The zero-order valence-corrected chi connectivity index (χ0v) is 12.7. The van der Waals surface area contributed by atoms with Gasteiger partial charge in [-0.15, -0.1) is 11.3 Å². The molecule has 4 nitrogen and oxygen atoms in total. The number of thiazole rings is 1. The summed E-state index contributed by atoms with van der Waals surface area (Å²) in [5.74, 6) is 0. The largest absolute Gasteiger partial charge is 0.297 e. The second-order valence-electron chi connectivity index (χ2n) is 5.34. The lowest BCUT2D eigenvalue weighted by Gasteiger charge is -2.34. The molecule has 0 aliphatic carbocycles. The zero-order chi connectivity index (χ0) is 14.5. The molecule has 0 bridgehead atoms. The maximum atomic E-state index is 8.95. The van der Waals surface area contributed by atoms with E-state index in [4.69, 9.17) is 5.26 Å². The number of hydrogen-bond donors (Lipinski definition) is 0. The van der Waals surface area contributed by atoms with Gasteiger partial charge >= 0.3 is 0 Å². The maximum absolute atomic E-state index is 8.95. The van der Waals surface area contributed by atoms with Gasteiger partial charge in [-0.3, -0.25) is 9.80 Å². The Balaban J connectivity index is 1.50. The van der Waals surface area contributed by atoms with Crippen LogP contribution in [0.5, 0.6) is 0 Å². The molecule has 1 aromatic heterocycles. The van der Waals surface area contributed by atoms with Crippen LogP contribution in [0, 0.1) is 11.3 Å². The summed E-state index contributed by atoms with van der Waals surface area (Å²) in [5, 5.41) is 11.1. The van der Waals surface area contributed by atoms with Crippen molar-refractivity contribution in [3.63, 3.8) is 0 Å². The van der Waals surface area contributed by atoms with Crippen molar-refractivity contribution in [2.24, 2.45) is 0 Å². The van der Waals surface area contributed by atoms with Crippen molar-refractivity contribution < 1.29 is 0 Å². The van der Waals surface area contributed by atoms with Gasteiger partial charge in [0.25, 0.3) is 0 Å². The second kappa shape index (κ2) is 6.81. The molecule has 1 fully saturated rings. The molecule has 0 unspecified atom stereocenters. The zero-order valence-electron chi connectivity index (χ0n) is 11.9. The van der Waals surface area contributed by atoms with E-state index in [1.807, 2.05) is 23.7 Å². The minimum atomic E-state index is 0.745. The van der Waals surface area contributed by atoms with E-state index in [2.05, 4.69) is 32.3 Å². The molecule has 5 heteroatoms. The predicted molar refractivity (Wildman–Crippen MR) is 83.8 cm³/mol. The van der Waals surface area contributed by atoms with Gasteiger partial charge in [0.15, 0.2) is 0 Å². The van der Waals surface area contributed by atoms with E-state index in [0.717, 1.165) is 44.8 Å². The number of nitrogens with zero attached hydrogens (tertiary/aromatic N) is 4. The lowest BCUT2D eigenvalue weighted by molar-refractivity contribution is 0.121. The monoisotopic (exact) mass is 298 g/mol. The van der Waals surface area contributed by atoms with Gasteiger partial charge in [0.1, 0.15) is 0 Å². The van der Waals surface area contributed by atoms with Crippen LogP contribution in [0.15, 0.2) is 35.2 Å². The fourth-order valence-electron chi connectivity index (χ4n) is 2.65. The number of piperazine rings is 1. The molecule has 1 saturated heterocycles. The fourth-order valence-corrected chi connectivity index (χ4v) is 3.20. The Hall–Kier alpha value is -1.74. The lowest BCUT2D eigenvalue weighted by atomic mass is 10.1. The van der Waals surface area contributed by atoms with Crippen molar-refractivity contribution in [2.75, 3.05) is 26.2 Å². The SMILES string of the molecule is N#Cc1cccc(CN2CCN(Cc3cscn3)CC2)c1. The third-order valence-corrected chi connectivity index (χ3v) is 4.43. The molecule has 1 aliphatic heterocycles. The van der Waals surface area contributed by atoms with Crippen molar-refractivity contribution in [2.45, 2.75) is 13.1 Å². The first-order valence-electron chi connectivity index (χ1n) is 7.14. The normalized spacial score (nSPS) is 16.7. The van der Waals surface area contributed by atoms with E-state index in [1.54, 1.807) is 11.3 Å². The van der Waals surface area contributed by atoms with Gasteiger partial charge < -0.3 is 0 Å². The van der Waals surface area contributed by atoms with E-state index in [1.165, 1.54) is 11.3 Å². The van der Waals surface area contributed by atoms with Crippen LogP contribution < -0.4 is 0 Å². The minimum Gasteiger partial charge on any atom is -0.297 e. The highest BCUT2D eigenvalue weighted by molar-refractivity contribution is 7.07. The summed E-state index contributed by atoms with van der Waals surface area (Å²) in [6.45, 7) is 6.19. The van der Waals surface area contributed by atoms with Gasteiger partial charge in [-0.25, -0.2) is 4.98 Å². The first-order chi connectivity index (χ1) is 10.3. The number of hydrogen-bond acceptors (Lipinski definition) is 5. The highest BCUT2D eigenvalue weighted by Crippen LogP contribution is 2.12. The van der Waals surface area contributed by atoms with Crippen molar-refractivity contribution in [1.29, 1.82) is 5.26 Å². The first kappa shape index (κ1) is 14.2. The van der Waals surface area contributed by atoms with Crippen molar-refractivity contribution in [3.8, 4) is 6.07 Å². The molecule has 2 aromatic rings. The van der Waals surface area contributed by atoms with E-state index in [-0.39, 0.29) is 0 Å². The van der Waals surface area contributed by atoms with Gasteiger partial charge in [-0.2, -0.15) is 5.26 Å². The molecular formula is C16H18N4S. The molecule has 0 amide bonds. The van der Waals surface area contributed by atoms with Crippen LogP contribution in [0.3, 0.4) is 0 Å². The highest BCUT2D eigenvalue weighted by Gasteiger charge is 2.17. The predicted octanol–water partition coefficient (Wildman–Crippen LogP) is 2.33. The average Bonchev–Trinajstić information content (AvgIpc) is 3.02. The quantitative estimate of drug-likeness (QED) is 0.869. The molecule has 0 saturated carbocycles. The Kier molecular flexibility index (Phi) is 4.61. The number of rotatable bonds is 4. The fraction of sp³-hybridized carbons (Fsp3) is 0.375. The van der Waals surface area contributed by atoms with E-state index >= 15 is 0 Å². The van der Waals surface area contributed by atoms with Crippen LogP contribution in [-0.2, 0) is 13.1 Å². The molecule has 0 N–H and O–H groups in total. The van der Waals surface area contributed by atoms with Crippen molar-refractivity contribution in [3.05, 3.63) is 52.0 Å². The summed E-state index contributed by atoms with van der Waals surface area (Å²) < 4.78 is 0. The third kappa shape index (κ3) is 3.88. The topological polar surface area (TPSA) is 43.2 Å². The number of nitriles is 1. The summed E-state index contributed by atoms with van der Waals surface area (Å²) in [7, 11) is 0. The maximum Gasteiger partial charge on any atom is 0.0991 e. The summed E-state index contributed by atoms with van der Waals surface area (Å²) in [5.41, 5.74) is 5.04. The van der Waals surface area contributed by atoms with E-state index in [9.17, 15) is 0 Å². The molecule has 0 spiro atoms. The molecule has 108 valence electrons. The molecule has 2 heterocycles. The Morgan fingerprint density at radius 3 is 2.57 bits per heavy atom. The first-order valence-corrected chi connectivity index (χ1v) is 8.08. The molecule has 0 radical (unpaired) electrons. The minimum absolute atomic E-state index is 0.745. The van der Waals surface area contributed by atoms with Gasteiger partial charge in [-0.1, -0.05) is 12.1 Å². The van der Waals surface area contributed by atoms with Gasteiger partial charge in [0, 0.05) is 44.6 Å². The third-order valence-electron chi connectivity index (χ3n) is 3.80. The highest BCUT2D eigenvalue weighted by atomic mass is 32.1. The summed E-state index contributed by atoms with van der Waals surface area (Å²) in [6, 6.07) is 10.1. The van der Waals surface area contributed by atoms with E-state index < -0.39 is 0 Å². The molecule has 0 atom stereocenters. The molecule has 3 rings (SSSR count). The van der Waals surface area contributed by atoms with E-state index in [0.29, 0.717) is 0 Å². The van der Waals surface area contributed by atoms with Gasteiger partial charge in [-0.05, 0) is 17.7 Å². The number of benzene rings is 1. The van der Waals surface area contributed by atoms with Gasteiger partial charge in [0.05, 0.1) is 22.8 Å². The molecular weight excluding hydrogens is 280 g/mol. The Bertz CT molecular complexity index is 609. The molecule has 1 aromatic carbocycles. The van der Waals surface area contributed by atoms with Crippen LogP contribution in [0.25, 0.3) is 0 Å². The Morgan fingerprint density at radius 2 is 1.90 bits per heavy atom. The molecule has 21 heavy (non-hydrogen) atoms. The van der Waals surface area contributed by atoms with Crippen LogP contribution >= 0.6 is 11.3 Å². The summed E-state index contributed by atoms with van der Waals surface area (Å²) >= 11 is 1.66. The number of aromatic nitrogens is 1. The Morgan fingerprint density at radius 1 is 1.14 bits per heavy atom.